The molecule has 0 bridgehead atoms. The third kappa shape index (κ3) is 3.45. The van der Waals surface area contributed by atoms with Crippen molar-refractivity contribution in [2.24, 2.45) is 0 Å². The molecule has 4 rings (SSSR count). The van der Waals surface area contributed by atoms with Crippen molar-refractivity contribution in [1.82, 2.24) is 10.2 Å². The third-order valence-corrected chi connectivity index (χ3v) is 5.14. The predicted octanol–water partition coefficient (Wildman–Crippen LogP) is 3.59. The molecule has 0 saturated heterocycles. The minimum atomic E-state index is -0.293. The maximum atomic E-state index is 12.9. The molecule has 2 atom stereocenters. The van der Waals surface area contributed by atoms with Gasteiger partial charge in [-0.05, 0) is 23.3 Å². The molecule has 138 valence electrons. The molecule has 0 unspecified atom stereocenters. The molecule has 27 heavy (non-hydrogen) atoms. The van der Waals surface area contributed by atoms with Crippen LogP contribution in [0.5, 0.6) is 5.75 Å². The molecule has 2 aliphatic heterocycles. The second-order valence-electron chi connectivity index (χ2n) is 6.89. The minimum Gasteiger partial charge on any atom is -0.493 e. The molecule has 2 aliphatic rings. The molecule has 2 amide bonds. The Kier molecular flexibility index (Phi) is 4.67. The van der Waals surface area contributed by atoms with Gasteiger partial charge < -0.3 is 15.0 Å². The van der Waals surface area contributed by atoms with Crippen LogP contribution in [-0.2, 0) is 9.59 Å². The lowest BCUT2D eigenvalue weighted by molar-refractivity contribution is -0.130. The highest BCUT2D eigenvalue weighted by Gasteiger charge is 2.30. The summed E-state index contributed by atoms with van der Waals surface area (Å²) in [6, 6.07) is 15.3. The van der Waals surface area contributed by atoms with E-state index in [-0.39, 0.29) is 30.3 Å². The van der Waals surface area contributed by atoms with Crippen LogP contribution in [0, 0.1) is 0 Å². The molecule has 2 aromatic rings. The van der Waals surface area contributed by atoms with Gasteiger partial charge in [-0.15, -0.1) is 0 Å². The van der Waals surface area contributed by atoms with Crippen molar-refractivity contribution in [2.45, 2.75) is 31.8 Å². The second kappa shape index (κ2) is 7.27. The van der Waals surface area contributed by atoms with Gasteiger partial charge in [-0.1, -0.05) is 42.5 Å². The van der Waals surface area contributed by atoms with Crippen molar-refractivity contribution in [3.05, 3.63) is 71.4 Å². The summed E-state index contributed by atoms with van der Waals surface area (Å²) in [5.41, 5.74) is 3.05. The Bertz CT molecular complexity index is 906. The standard InChI is InChI=1S/C22H22N2O3/c1-15(25)24-12-10-16-6-2-3-7-17(16)20(24)14-22(26)23-19-11-13-27-21-9-5-4-8-18(19)21/h2-10,12,19-20H,11,13-14H2,1H3,(H,23,26)/t19-,20-/m1/s1. The van der Waals surface area contributed by atoms with E-state index in [2.05, 4.69) is 5.32 Å². The molecular weight excluding hydrogens is 340 g/mol. The topological polar surface area (TPSA) is 58.6 Å². The second-order valence-corrected chi connectivity index (χ2v) is 6.89. The highest BCUT2D eigenvalue weighted by Crippen LogP contribution is 2.34. The number of hydrogen-bond acceptors (Lipinski definition) is 3. The Hall–Kier alpha value is -3.08. The molecule has 5 heteroatoms. The Balaban J connectivity index is 1.54. The molecule has 0 aliphatic carbocycles. The van der Waals surface area contributed by atoms with Crippen LogP contribution in [0.15, 0.2) is 54.7 Å². The van der Waals surface area contributed by atoms with Gasteiger partial charge in [-0.25, -0.2) is 0 Å². The zero-order valence-corrected chi connectivity index (χ0v) is 15.2. The lowest BCUT2D eigenvalue weighted by Crippen LogP contribution is -2.37. The summed E-state index contributed by atoms with van der Waals surface area (Å²) in [4.78, 5) is 26.6. The van der Waals surface area contributed by atoms with E-state index in [1.54, 1.807) is 11.1 Å². The van der Waals surface area contributed by atoms with Gasteiger partial charge in [0.25, 0.3) is 0 Å². The van der Waals surface area contributed by atoms with Crippen molar-refractivity contribution in [3.8, 4) is 5.75 Å². The number of carbonyl (C=O) groups is 2. The van der Waals surface area contributed by atoms with Crippen LogP contribution < -0.4 is 10.1 Å². The summed E-state index contributed by atoms with van der Waals surface area (Å²) < 4.78 is 5.67. The van der Waals surface area contributed by atoms with Gasteiger partial charge in [0.1, 0.15) is 5.75 Å². The van der Waals surface area contributed by atoms with Gasteiger partial charge in [-0.2, -0.15) is 0 Å². The molecule has 2 aromatic carbocycles. The molecule has 5 nitrogen and oxygen atoms in total. The molecule has 0 spiro atoms. The summed E-state index contributed by atoms with van der Waals surface area (Å²) in [5.74, 6) is 0.679. The van der Waals surface area contributed by atoms with Gasteiger partial charge in [-0.3, -0.25) is 9.59 Å². The van der Waals surface area contributed by atoms with Gasteiger partial charge in [0, 0.05) is 25.1 Å². The quantitative estimate of drug-likeness (QED) is 0.908. The summed E-state index contributed by atoms with van der Waals surface area (Å²) in [6.45, 7) is 2.11. The number of nitrogens with one attached hydrogen (secondary N) is 1. The third-order valence-electron chi connectivity index (χ3n) is 5.14. The number of hydrogen-bond donors (Lipinski definition) is 1. The first-order valence-corrected chi connectivity index (χ1v) is 9.20. The van der Waals surface area contributed by atoms with Crippen LogP contribution in [0.25, 0.3) is 6.08 Å². The molecule has 1 N–H and O–H groups in total. The van der Waals surface area contributed by atoms with E-state index in [4.69, 9.17) is 4.74 Å². The van der Waals surface area contributed by atoms with Crippen LogP contribution in [0.4, 0.5) is 0 Å². The van der Waals surface area contributed by atoms with Gasteiger partial charge in [0.05, 0.1) is 25.1 Å². The van der Waals surface area contributed by atoms with E-state index in [0.29, 0.717) is 6.61 Å². The SMILES string of the molecule is CC(=O)N1C=Cc2ccccc2[C@H]1CC(=O)N[C@@H]1CCOc2ccccc21. The maximum absolute atomic E-state index is 12.9. The average molecular weight is 362 g/mol. The number of carbonyl (C=O) groups excluding carboxylic acids is 2. The predicted molar refractivity (Wildman–Crippen MR) is 103 cm³/mol. The zero-order valence-electron chi connectivity index (χ0n) is 15.2. The Morgan fingerprint density at radius 1 is 1.11 bits per heavy atom. The largest absolute Gasteiger partial charge is 0.493 e. The summed E-state index contributed by atoms with van der Waals surface area (Å²) >= 11 is 0. The number of benzene rings is 2. The minimum absolute atomic E-state index is 0.0670. The number of ether oxygens (including phenoxy) is 1. The monoisotopic (exact) mass is 362 g/mol. The van der Waals surface area contributed by atoms with E-state index < -0.39 is 0 Å². The van der Waals surface area contributed by atoms with Gasteiger partial charge >= 0.3 is 0 Å². The number of nitrogens with zero attached hydrogens (tertiary/aromatic N) is 1. The smallest absolute Gasteiger partial charge is 0.223 e. The van der Waals surface area contributed by atoms with E-state index in [1.165, 1.54) is 6.92 Å². The van der Waals surface area contributed by atoms with E-state index in [0.717, 1.165) is 28.9 Å². The van der Waals surface area contributed by atoms with Crippen LogP contribution in [0.1, 0.15) is 48.5 Å². The molecule has 2 heterocycles. The summed E-state index contributed by atoms with van der Waals surface area (Å²) in [7, 11) is 0. The van der Waals surface area contributed by atoms with Crippen molar-refractivity contribution < 1.29 is 14.3 Å². The number of rotatable bonds is 3. The average Bonchev–Trinajstić information content (AvgIpc) is 2.68. The van der Waals surface area contributed by atoms with Gasteiger partial charge in [0.15, 0.2) is 0 Å². The lowest BCUT2D eigenvalue weighted by Gasteiger charge is -2.33. The fourth-order valence-corrected chi connectivity index (χ4v) is 3.83. The first-order valence-electron chi connectivity index (χ1n) is 9.20. The van der Waals surface area contributed by atoms with Crippen molar-refractivity contribution in [3.63, 3.8) is 0 Å². The van der Waals surface area contributed by atoms with Crippen LogP contribution in [-0.4, -0.2) is 23.3 Å². The van der Waals surface area contributed by atoms with Crippen LogP contribution >= 0.6 is 0 Å². The van der Waals surface area contributed by atoms with Crippen LogP contribution in [0.2, 0.25) is 0 Å². The van der Waals surface area contributed by atoms with E-state index in [1.807, 2.05) is 54.6 Å². The molecule has 0 radical (unpaired) electrons. The van der Waals surface area contributed by atoms with Crippen molar-refractivity contribution in [2.75, 3.05) is 6.61 Å². The Labute approximate surface area is 158 Å². The molecule has 0 fully saturated rings. The van der Waals surface area contributed by atoms with Crippen molar-refractivity contribution >= 4 is 17.9 Å². The first kappa shape index (κ1) is 17.3. The van der Waals surface area contributed by atoms with Crippen molar-refractivity contribution in [1.29, 1.82) is 0 Å². The summed E-state index contributed by atoms with van der Waals surface area (Å²) in [5, 5.41) is 3.13. The normalized spacial score (nSPS) is 20.3. The summed E-state index contributed by atoms with van der Waals surface area (Å²) in [6.07, 6.45) is 4.65. The lowest BCUT2D eigenvalue weighted by atomic mass is 9.93. The fraction of sp³-hybridized carbons (Fsp3) is 0.273. The first-order chi connectivity index (χ1) is 13.1. The van der Waals surface area contributed by atoms with Gasteiger partial charge in [0.2, 0.25) is 11.8 Å². The molecule has 0 saturated carbocycles. The zero-order chi connectivity index (χ0) is 18.8. The Morgan fingerprint density at radius 2 is 1.85 bits per heavy atom. The highest BCUT2D eigenvalue weighted by molar-refractivity contribution is 5.82. The number of para-hydroxylation sites is 1. The maximum Gasteiger partial charge on any atom is 0.223 e. The highest BCUT2D eigenvalue weighted by atomic mass is 16.5. The Morgan fingerprint density at radius 3 is 2.67 bits per heavy atom. The fourth-order valence-electron chi connectivity index (χ4n) is 3.83. The molecule has 0 aromatic heterocycles. The van der Waals surface area contributed by atoms with E-state index >= 15 is 0 Å². The van der Waals surface area contributed by atoms with Crippen LogP contribution in [0.3, 0.4) is 0 Å². The van der Waals surface area contributed by atoms with E-state index in [9.17, 15) is 9.59 Å². The molecular formula is C22H22N2O3. The number of fused-ring (bicyclic) bond motifs is 2. The number of amides is 2.